The predicted octanol–water partition coefficient (Wildman–Crippen LogP) is 4.47. The number of hydrogen-bond donors (Lipinski definition) is 2. The summed E-state index contributed by atoms with van der Waals surface area (Å²) in [6, 6.07) is 3.34. The van der Waals surface area contributed by atoms with Crippen molar-refractivity contribution in [2.75, 3.05) is 0 Å². The number of rotatable bonds is 2. The molecule has 3 rings (SSSR count). The van der Waals surface area contributed by atoms with E-state index in [1.54, 1.807) is 5.56 Å². The van der Waals surface area contributed by atoms with Crippen molar-refractivity contribution in [3.63, 3.8) is 0 Å². The van der Waals surface area contributed by atoms with Gasteiger partial charge in [-0.1, -0.05) is 13.8 Å². The van der Waals surface area contributed by atoms with E-state index in [1.807, 2.05) is 0 Å². The standard InChI is InChI=1S/C18H26N2/c1-10(2)19-15-8-6-7-14-17-13(5)12(4)11(3)9-16(17)20-18(14)15/h9-10,15,19-20H,6-8H2,1-5H3. The first-order valence-electron chi connectivity index (χ1n) is 7.86. The van der Waals surface area contributed by atoms with Crippen LogP contribution in [0.2, 0.25) is 0 Å². The molecule has 1 aromatic carbocycles. The molecule has 108 valence electrons. The maximum atomic E-state index is 3.72. The van der Waals surface area contributed by atoms with Gasteiger partial charge in [-0.25, -0.2) is 0 Å². The van der Waals surface area contributed by atoms with Gasteiger partial charge in [0.1, 0.15) is 0 Å². The first kappa shape index (κ1) is 13.7. The van der Waals surface area contributed by atoms with Gasteiger partial charge in [0, 0.05) is 28.7 Å². The van der Waals surface area contributed by atoms with E-state index in [2.05, 4.69) is 51.0 Å². The van der Waals surface area contributed by atoms with Crippen molar-refractivity contribution < 1.29 is 0 Å². The van der Waals surface area contributed by atoms with Gasteiger partial charge in [-0.05, 0) is 68.4 Å². The zero-order chi connectivity index (χ0) is 14.4. The molecule has 0 saturated carbocycles. The van der Waals surface area contributed by atoms with Gasteiger partial charge >= 0.3 is 0 Å². The number of nitrogens with one attached hydrogen (secondary N) is 2. The SMILES string of the molecule is Cc1cc2[nH]c3c(c2c(C)c1C)CCCC3NC(C)C. The van der Waals surface area contributed by atoms with Crippen molar-refractivity contribution in [2.45, 2.75) is 66.0 Å². The molecule has 1 aromatic heterocycles. The number of aromatic nitrogens is 1. The van der Waals surface area contributed by atoms with Gasteiger partial charge < -0.3 is 10.3 Å². The van der Waals surface area contributed by atoms with Crippen LogP contribution < -0.4 is 5.32 Å². The van der Waals surface area contributed by atoms with Gasteiger partial charge in [0.25, 0.3) is 0 Å². The van der Waals surface area contributed by atoms with Gasteiger partial charge in [-0.2, -0.15) is 0 Å². The minimum Gasteiger partial charge on any atom is -0.357 e. The van der Waals surface area contributed by atoms with Crippen LogP contribution in [0.4, 0.5) is 0 Å². The van der Waals surface area contributed by atoms with Crippen molar-refractivity contribution in [1.82, 2.24) is 10.3 Å². The highest BCUT2D eigenvalue weighted by atomic mass is 15.0. The maximum absolute atomic E-state index is 3.72. The fraction of sp³-hybridized carbons (Fsp3) is 0.556. The minimum atomic E-state index is 0.492. The molecule has 0 saturated heterocycles. The lowest BCUT2D eigenvalue weighted by molar-refractivity contribution is 0.417. The molecule has 0 aliphatic heterocycles. The Bertz CT molecular complexity index is 649. The average Bonchev–Trinajstić information content (AvgIpc) is 2.75. The number of fused-ring (bicyclic) bond motifs is 3. The molecule has 2 nitrogen and oxygen atoms in total. The Balaban J connectivity index is 2.19. The Morgan fingerprint density at radius 1 is 1.20 bits per heavy atom. The van der Waals surface area contributed by atoms with E-state index in [0.29, 0.717) is 12.1 Å². The van der Waals surface area contributed by atoms with Gasteiger partial charge in [0.05, 0.1) is 0 Å². The zero-order valence-electron chi connectivity index (χ0n) is 13.4. The highest BCUT2D eigenvalue weighted by Crippen LogP contribution is 2.37. The summed E-state index contributed by atoms with van der Waals surface area (Å²) < 4.78 is 0. The summed E-state index contributed by atoms with van der Waals surface area (Å²) in [5, 5.41) is 5.20. The highest BCUT2D eigenvalue weighted by Gasteiger charge is 2.25. The topological polar surface area (TPSA) is 27.8 Å². The molecule has 2 N–H and O–H groups in total. The molecule has 2 aromatic rings. The van der Waals surface area contributed by atoms with Crippen LogP contribution in [0.25, 0.3) is 10.9 Å². The van der Waals surface area contributed by atoms with Gasteiger partial charge in [0.15, 0.2) is 0 Å². The van der Waals surface area contributed by atoms with Crippen LogP contribution in [0.3, 0.4) is 0 Å². The summed E-state index contributed by atoms with van der Waals surface area (Å²) >= 11 is 0. The summed E-state index contributed by atoms with van der Waals surface area (Å²) in [7, 11) is 0. The van der Waals surface area contributed by atoms with Crippen LogP contribution in [0.1, 0.15) is 60.7 Å². The molecule has 2 heteroatoms. The first-order valence-corrected chi connectivity index (χ1v) is 7.86. The normalized spacial score (nSPS) is 18.8. The molecule has 1 aliphatic carbocycles. The van der Waals surface area contributed by atoms with Crippen LogP contribution in [0, 0.1) is 20.8 Å². The molecule has 0 fully saturated rings. The van der Waals surface area contributed by atoms with E-state index < -0.39 is 0 Å². The first-order chi connectivity index (χ1) is 9.49. The third kappa shape index (κ3) is 2.07. The third-order valence-electron chi connectivity index (χ3n) is 4.86. The molecular weight excluding hydrogens is 244 g/mol. The largest absolute Gasteiger partial charge is 0.357 e. The lowest BCUT2D eigenvalue weighted by Crippen LogP contribution is -2.30. The van der Waals surface area contributed by atoms with Gasteiger partial charge in [-0.15, -0.1) is 0 Å². The van der Waals surface area contributed by atoms with E-state index in [9.17, 15) is 0 Å². The Morgan fingerprint density at radius 2 is 1.95 bits per heavy atom. The van der Waals surface area contributed by atoms with Crippen molar-refractivity contribution in [3.05, 3.63) is 34.0 Å². The quantitative estimate of drug-likeness (QED) is 0.828. The summed E-state index contributed by atoms with van der Waals surface area (Å²) in [4.78, 5) is 3.72. The predicted molar refractivity (Wildman–Crippen MR) is 86.5 cm³/mol. The van der Waals surface area contributed by atoms with Crippen LogP contribution >= 0.6 is 0 Å². The van der Waals surface area contributed by atoms with Gasteiger partial charge in [0.2, 0.25) is 0 Å². The number of benzene rings is 1. The molecule has 0 bridgehead atoms. The van der Waals surface area contributed by atoms with E-state index in [0.717, 1.165) is 0 Å². The van der Waals surface area contributed by atoms with Crippen LogP contribution in [0.15, 0.2) is 6.07 Å². The summed E-state index contributed by atoms with van der Waals surface area (Å²) in [6.07, 6.45) is 3.75. The fourth-order valence-electron chi connectivity index (χ4n) is 3.68. The number of aromatic amines is 1. The van der Waals surface area contributed by atoms with Crippen LogP contribution in [0.5, 0.6) is 0 Å². The Kier molecular flexibility index (Phi) is 3.37. The third-order valence-corrected chi connectivity index (χ3v) is 4.86. The Hall–Kier alpha value is -1.28. The number of H-pyrrole nitrogens is 1. The second-order valence-corrected chi connectivity index (χ2v) is 6.65. The average molecular weight is 270 g/mol. The summed E-state index contributed by atoms with van der Waals surface area (Å²) in [5.74, 6) is 0. The molecule has 1 heterocycles. The molecule has 1 atom stereocenters. The van der Waals surface area contributed by atoms with E-state index in [1.165, 1.54) is 52.5 Å². The molecule has 0 radical (unpaired) electrons. The monoisotopic (exact) mass is 270 g/mol. The minimum absolute atomic E-state index is 0.492. The summed E-state index contributed by atoms with van der Waals surface area (Å²) in [6.45, 7) is 11.2. The fourth-order valence-corrected chi connectivity index (χ4v) is 3.68. The van der Waals surface area contributed by atoms with E-state index >= 15 is 0 Å². The Morgan fingerprint density at radius 3 is 2.65 bits per heavy atom. The van der Waals surface area contributed by atoms with Gasteiger partial charge in [-0.3, -0.25) is 0 Å². The van der Waals surface area contributed by atoms with Crippen LogP contribution in [-0.2, 0) is 6.42 Å². The zero-order valence-corrected chi connectivity index (χ0v) is 13.4. The number of hydrogen-bond acceptors (Lipinski definition) is 1. The molecule has 0 amide bonds. The van der Waals surface area contributed by atoms with Crippen LogP contribution in [-0.4, -0.2) is 11.0 Å². The second-order valence-electron chi connectivity index (χ2n) is 6.65. The van der Waals surface area contributed by atoms with Crippen molar-refractivity contribution in [3.8, 4) is 0 Å². The van der Waals surface area contributed by atoms with E-state index in [-0.39, 0.29) is 0 Å². The lowest BCUT2D eigenvalue weighted by Gasteiger charge is -2.26. The van der Waals surface area contributed by atoms with E-state index in [4.69, 9.17) is 0 Å². The molecule has 0 spiro atoms. The highest BCUT2D eigenvalue weighted by molar-refractivity contribution is 5.90. The lowest BCUT2D eigenvalue weighted by atomic mass is 9.89. The maximum Gasteiger partial charge on any atom is 0.0478 e. The van der Waals surface area contributed by atoms with Crippen molar-refractivity contribution >= 4 is 10.9 Å². The second kappa shape index (κ2) is 4.92. The molecular formula is C18H26N2. The van der Waals surface area contributed by atoms with Crippen molar-refractivity contribution in [1.29, 1.82) is 0 Å². The van der Waals surface area contributed by atoms with Crippen molar-refractivity contribution in [2.24, 2.45) is 0 Å². The Labute approximate surface area is 122 Å². The number of aryl methyl sites for hydroxylation is 3. The molecule has 1 aliphatic rings. The smallest absolute Gasteiger partial charge is 0.0478 e. The summed E-state index contributed by atoms with van der Waals surface area (Å²) in [5.41, 5.74) is 8.62. The molecule has 1 unspecified atom stereocenters. The molecule has 20 heavy (non-hydrogen) atoms.